The highest BCUT2D eigenvalue weighted by Gasteiger charge is 2.03. The predicted molar refractivity (Wildman–Crippen MR) is 66.2 cm³/mol. The molecule has 0 aliphatic heterocycles. The van der Waals surface area contributed by atoms with E-state index < -0.39 is 0 Å². The van der Waals surface area contributed by atoms with Gasteiger partial charge in [-0.1, -0.05) is 11.6 Å². The quantitative estimate of drug-likeness (QED) is 0.771. The lowest BCUT2D eigenvalue weighted by molar-refractivity contribution is 0.679. The Hall–Kier alpha value is -1.03. The summed E-state index contributed by atoms with van der Waals surface area (Å²) in [6.45, 7) is 0.994. The number of nitrogens with one attached hydrogen (secondary N) is 1. The van der Waals surface area contributed by atoms with Gasteiger partial charge < -0.3 is 11.1 Å². The van der Waals surface area contributed by atoms with Crippen LogP contribution >= 0.6 is 11.5 Å². The summed E-state index contributed by atoms with van der Waals surface area (Å²) in [6, 6.07) is 1.89. The van der Waals surface area contributed by atoms with E-state index >= 15 is 0 Å². The third-order valence-corrected chi connectivity index (χ3v) is 3.42. The summed E-state index contributed by atoms with van der Waals surface area (Å²) in [4.78, 5) is 0. The van der Waals surface area contributed by atoms with Crippen LogP contribution < -0.4 is 11.1 Å². The molecule has 0 atom stereocenters. The first-order valence-corrected chi connectivity index (χ1v) is 6.26. The van der Waals surface area contributed by atoms with Crippen molar-refractivity contribution in [2.45, 2.75) is 32.1 Å². The molecule has 0 fully saturated rings. The van der Waals surface area contributed by atoms with Crippen molar-refractivity contribution in [2.24, 2.45) is 0 Å². The zero-order valence-corrected chi connectivity index (χ0v) is 9.65. The Morgan fingerprint density at radius 3 is 3.07 bits per heavy atom. The molecule has 1 heterocycles. The third kappa shape index (κ3) is 3.23. The summed E-state index contributed by atoms with van der Waals surface area (Å²) in [5, 5.41) is 4.42. The van der Waals surface area contributed by atoms with E-state index in [0.717, 1.165) is 18.0 Å². The van der Waals surface area contributed by atoms with Crippen LogP contribution in [0.15, 0.2) is 17.7 Å². The predicted octanol–water partition coefficient (Wildman–Crippen LogP) is 3.03. The van der Waals surface area contributed by atoms with Crippen LogP contribution in [0.4, 0.5) is 10.8 Å². The summed E-state index contributed by atoms with van der Waals surface area (Å²) in [5.74, 6) is 0.611. The van der Waals surface area contributed by atoms with Crippen molar-refractivity contribution in [1.82, 2.24) is 4.37 Å². The number of aromatic nitrogens is 1. The van der Waals surface area contributed by atoms with Crippen LogP contribution in [-0.4, -0.2) is 10.9 Å². The number of hydrogen-bond acceptors (Lipinski definition) is 4. The number of rotatable bonds is 4. The normalized spacial score (nSPS) is 16.1. The molecule has 4 heteroatoms. The van der Waals surface area contributed by atoms with Gasteiger partial charge in [0.15, 0.2) is 0 Å². The SMILES string of the molecule is Nc1cc(NCCC2=CCCCC2)sn1. The molecule has 1 aliphatic carbocycles. The molecule has 0 saturated heterocycles. The maximum Gasteiger partial charge on any atom is 0.139 e. The number of nitrogens with two attached hydrogens (primary N) is 1. The van der Waals surface area contributed by atoms with E-state index in [1.54, 1.807) is 5.57 Å². The molecule has 2 rings (SSSR count). The molecule has 0 bridgehead atoms. The molecule has 3 nitrogen and oxygen atoms in total. The lowest BCUT2D eigenvalue weighted by atomic mass is 9.97. The summed E-state index contributed by atoms with van der Waals surface area (Å²) >= 11 is 1.43. The van der Waals surface area contributed by atoms with Gasteiger partial charge in [0.1, 0.15) is 10.8 Å². The summed E-state index contributed by atoms with van der Waals surface area (Å²) in [6.07, 6.45) is 8.82. The van der Waals surface area contributed by atoms with Gasteiger partial charge in [-0.25, -0.2) is 0 Å². The molecule has 1 aromatic rings. The van der Waals surface area contributed by atoms with Crippen molar-refractivity contribution in [3.63, 3.8) is 0 Å². The third-order valence-electron chi connectivity index (χ3n) is 2.66. The molecule has 0 aromatic carbocycles. The first-order valence-electron chi connectivity index (χ1n) is 5.48. The Labute approximate surface area is 94.5 Å². The number of nitrogen functional groups attached to an aromatic ring is 1. The van der Waals surface area contributed by atoms with E-state index in [2.05, 4.69) is 15.8 Å². The lowest BCUT2D eigenvalue weighted by Crippen LogP contribution is -2.03. The molecule has 3 N–H and O–H groups in total. The number of allylic oxidation sites excluding steroid dienone is 1. The first-order chi connectivity index (χ1) is 7.34. The second-order valence-electron chi connectivity index (χ2n) is 3.90. The Morgan fingerprint density at radius 1 is 1.47 bits per heavy atom. The number of anilines is 2. The topological polar surface area (TPSA) is 50.9 Å². The average molecular weight is 223 g/mol. The summed E-state index contributed by atoms with van der Waals surface area (Å²) < 4.78 is 4.02. The van der Waals surface area contributed by atoms with Gasteiger partial charge in [0.25, 0.3) is 0 Å². The van der Waals surface area contributed by atoms with Gasteiger partial charge in [0, 0.05) is 12.6 Å². The van der Waals surface area contributed by atoms with Crippen LogP contribution in [0, 0.1) is 0 Å². The van der Waals surface area contributed by atoms with Crippen LogP contribution in [-0.2, 0) is 0 Å². The fourth-order valence-corrected chi connectivity index (χ4v) is 2.45. The van der Waals surface area contributed by atoms with Crippen LogP contribution in [0.3, 0.4) is 0 Å². The minimum absolute atomic E-state index is 0.611. The maximum absolute atomic E-state index is 5.54. The molecular weight excluding hydrogens is 206 g/mol. The van der Waals surface area contributed by atoms with Crippen LogP contribution in [0.2, 0.25) is 0 Å². The number of nitrogens with zero attached hydrogens (tertiary/aromatic N) is 1. The fraction of sp³-hybridized carbons (Fsp3) is 0.545. The Morgan fingerprint density at radius 2 is 2.40 bits per heavy atom. The highest BCUT2D eigenvalue weighted by Crippen LogP contribution is 2.21. The van der Waals surface area contributed by atoms with Crippen molar-refractivity contribution in [2.75, 3.05) is 17.6 Å². The molecule has 0 unspecified atom stereocenters. The van der Waals surface area contributed by atoms with Gasteiger partial charge in [-0.3, -0.25) is 0 Å². The largest absolute Gasteiger partial charge is 0.383 e. The highest BCUT2D eigenvalue weighted by molar-refractivity contribution is 7.10. The first kappa shape index (κ1) is 10.5. The van der Waals surface area contributed by atoms with Crippen LogP contribution in [0.1, 0.15) is 32.1 Å². The second kappa shape index (κ2) is 5.16. The number of hydrogen-bond donors (Lipinski definition) is 2. The molecule has 0 radical (unpaired) electrons. The zero-order chi connectivity index (χ0) is 10.5. The lowest BCUT2D eigenvalue weighted by Gasteiger charge is -2.12. The van der Waals surface area contributed by atoms with Crippen molar-refractivity contribution < 1.29 is 0 Å². The van der Waals surface area contributed by atoms with Gasteiger partial charge in [-0.05, 0) is 43.6 Å². The molecule has 1 aliphatic rings. The van der Waals surface area contributed by atoms with Gasteiger partial charge in [-0.2, -0.15) is 4.37 Å². The minimum Gasteiger partial charge on any atom is -0.383 e. The Balaban J connectivity index is 1.72. The van der Waals surface area contributed by atoms with Crippen molar-refractivity contribution in [3.05, 3.63) is 17.7 Å². The molecule has 1 aromatic heterocycles. The van der Waals surface area contributed by atoms with Crippen molar-refractivity contribution >= 4 is 22.4 Å². The smallest absolute Gasteiger partial charge is 0.139 e. The van der Waals surface area contributed by atoms with E-state index in [0.29, 0.717) is 5.82 Å². The summed E-state index contributed by atoms with van der Waals surface area (Å²) in [5.41, 5.74) is 7.14. The Bertz CT molecular complexity index is 343. The maximum atomic E-state index is 5.54. The van der Waals surface area contributed by atoms with E-state index in [1.807, 2.05) is 6.07 Å². The summed E-state index contributed by atoms with van der Waals surface area (Å²) in [7, 11) is 0. The molecular formula is C11H17N3S. The van der Waals surface area contributed by atoms with Crippen LogP contribution in [0.5, 0.6) is 0 Å². The zero-order valence-electron chi connectivity index (χ0n) is 8.83. The molecule has 0 amide bonds. The highest BCUT2D eigenvalue weighted by atomic mass is 32.1. The van der Waals surface area contributed by atoms with Crippen molar-refractivity contribution in [1.29, 1.82) is 0 Å². The average Bonchev–Trinajstić information content (AvgIpc) is 2.66. The monoisotopic (exact) mass is 223 g/mol. The molecule has 0 saturated carbocycles. The van der Waals surface area contributed by atoms with Gasteiger partial charge in [0.2, 0.25) is 0 Å². The van der Waals surface area contributed by atoms with Crippen molar-refractivity contribution in [3.8, 4) is 0 Å². The van der Waals surface area contributed by atoms with Gasteiger partial charge in [0.05, 0.1) is 0 Å². The van der Waals surface area contributed by atoms with Gasteiger partial charge in [-0.15, -0.1) is 0 Å². The minimum atomic E-state index is 0.611. The van der Waals surface area contributed by atoms with Gasteiger partial charge >= 0.3 is 0 Å². The van der Waals surface area contributed by atoms with Crippen LogP contribution in [0.25, 0.3) is 0 Å². The van der Waals surface area contributed by atoms with E-state index in [9.17, 15) is 0 Å². The molecule has 82 valence electrons. The standard InChI is InChI=1S/C11H17N3S/c12-10-8-11(15-14-10)13-7-6-9-4-2-1-3-5-9/h4,8,13H,1-3,5-7H2,(H2,12,14). The molecule has 15 heavy (non-hydrogen) atoms. The van der Waals surface area contributed by atoms with E-state index in [4.69, 9.17) is 5.73 Å². The Kier molecular flexibility index (Phi) is 3.61. The second-order valence-corrected chi connectivity index (χ2v) is 4.71. The fourth-order valence-electron chi connectivity index (χ4n) is 1.85. The van der Waals surface area contributed by atoms with E-state index in [-0.39, 0.29) is 0 Å². The van der Waals surface area contributed by atoms with E-state index in [1.165, 1.54) is 37.2 Å². The molecule has 0 spiro atoms.